The van der Waals surface area contributed by atoms with E-state index in [-0.39, 0.29) is 10.8 Å². The van der Waals surface area contributed by atoms with E-state index in [0.29, 0.717) is 3.57 Å². The van der Waals surface area contributed by atoms with E-state index < -0.39 is 19.0 Å². The van der Waals surface area contributed by atoms with Crippen LogP contribution in [0, 0.1) is 3.57 Å². The molecule has 0 N–H and O–H groups in total. The van der Waals surface area contributed by atoms with Gasteiger partial charge in [-0.3, -0.25) is 0 Å². The molecule has 0 amide bonds. The van der Waals surface area contributed by atoms with Crippen LogP contribution in [0.2, 0.25) is 5.02 Å². The van der Waals surface area contributed by atoms with Gasteiger partial charge in [0.15, 0.2) is 6.61 Å². The van der Waals surface area contributed by atoms with Crippen LogP contribution in [0.5, 0.6) is 5.75 Å². The summed E-state index contributed by atoms with van der Waals surface area (Å²) < 4.78 is 53.9. The monoisotopic (exact) mass is 368 g/mol. The van der Waals surface area contributed by atoms with Crippen LogP contribution in [0.1, 0.15) is 0 Å². The van der Waals surface area contributed by atoms with Crippen LogP contribution in [0.25, 0.3) is 0 Å². The van der Waals surface area contributed by atoms with Gasteiger partial charge in [0.1, 0.15) is 5.75 Å². The second-order valence-electron chi connectivity index (χ2n) is 2.93. The molecule has 0 aliphatic rings. The molecule has 7 heteroatoms. The summed E-state index contributed by atoms with van der Waals surface area (Å²) in [6.07, 6.45) is -3.75. The molecule has 1 rings (SSSR count). The summed E-state index contributed by atoms with van der Waals surface area (Å²) >= 11 is 7.44. The fourth-order valence-corrected chi connectivity index (χ4v) is 1.48. The lowest BCUT2D eigenvalue weighted by molar-refractivity contribution is -0.148. The smallest absolute Gasteiger partial charge is 0.340 e. The lowest BCUT2D eigenvalue weighted by atomic mass is 10.3. The number of hydrogen-bond donors (Lipinski definition) is 0. The van der Waals surface area contributed by atoms with Crippen molar-refractivity contribution in [3.63, 3.8) is 0 Å². The molecule has 0 aliphatic carbocycles. The van der Waals surface area contributed by atoms with Crippen LogP contribution in [0.4, 0.5) is 17.6 Å². The fraction of sp³-hybridized carbons (Fsp3) is 0.333. The van der Waals surface area contributed by atoms with Crippen molar-refractivity contribution in [3.05, 3.63) is 26.8 Å². The third-order valence-corrected chi connectivity index (χ3v) is 2.76. The van der Waals surface area contributed by atoms with Gasteiger partial charge in [0.05, 0.1) is 3.57 Å². The first-order chi connectivity index (χ1) is 7.33. The minimum absolute atomic E-state index is 0.0634. The Hall–Kier alpha value is -0.240. The third kappa shape index (κ3) is 3.65. The zero-order valence-corrected chi connectivity index (χ0v) is 10.6. The van der Waals surface area contributed by atoms with Gasteiger partial charge in [-0.1, -0.05) is 11.6 Å². The molecule has 90 valence electrons. The van der Waals surface area contributed by atoms with E-state index in [1.165, 1.54) is 6.07 Å². The molecule has 16 heavy (non-hydrogen) atoms. The minimum Gasteiger partial charge on any atom is -0.486 e. The second kappa shape index (κ2) is 5.39. The predicted molar refractivity (Wildman–Crippen MR) is 60.6 cm³/mol. The molecule has 0 atom stereocenters. The average Bonchev–Trinajstić information content (AvgIpc) is 2.19. The molecule has 0 saturated heterocycles. The van der Waals surface area contributed by atoms with Crippen molar-refractivity contribution < 1.29 is 22.3 Å². The Morgan fingerprint density at radius 1 is 1.38 bits per heavy atom. The van der Waals surface area contributed by atoms with Crippen molar-refractivity contribution in [1.29, 1.82) is 0 Å². The van der Waals surface area contributed by atoms with Gasteiger partial charge in [-0.05, 0) is 40.8 Å². The Balaban J connectivity index is 2.71. The first-order valence-electron chi connectivity index (χ1n) is 4.07. The van der Waals surface area contributed by atoms with Gasteiger partial charge in [0, 0.05) is 5.02 Å². The van der Waals surface area contributed by atoms with E-state index in [1.54, 1.807) is 12.1 Å². The molecule has 0 fully saturated rings. The first kappa shape index (κ1) is 13.8. The molecular formula is C9H6ClF4IO. The van der Waals surface area contributed by atoms with E-state index in [0.717, 1.165) is 0 Å². The summed E-state index contributed by atoms with van der Waals surface area (Å²) in [4.78, 5) is 0. The Labute approximate surface area is 108 Å². The zero-order valence-electron chi connectivity index (χ0n) is 7.69. The number of alkyl halides is 4. The topological polar surface area (TPSA) is 9.23 Å². The summed E-state index contributed by atoms with van der Waals surface area (Å²) in [6.45, 7) is -1.37. The van der Waals surface area contributed by atoms with Crippen LogP contribution in [-0.4, -0.2) is 19.0 Å². The van der Waals surface area contributed by atoms with E-state index in [1.807, 2.05) is 22.6 Å². The van der Waals surface area contributed by atoms with Gasteiger partial charge in [-0.2, -0.15) is 8.78 Å². The molecule has 0 bridgehead atoms. The van der Waals surface area contributed by atoms with E-state index in [2.05, 4.69) is 4.74 Å². The zero-order chi connectivity index (χ0) is 12.3. The van der Waals surface area contributed by atoms with Crippen molar-refractivity contribution in [2.24, 2.45) is 0 Å². The SMILES string of the molecule is FC(F)C(F)(F)COc1cc(Cl)ccc1I. The number of ether oxygens (including phenoxy) is 1. The fourth-order valence-electron chi connectivity index (χ4n) is 0.825. The predicted octanol–water partition coefficient (Wildman–Crippen LogP) is 4.22. The highest BCUT2D eigenvalue weighted by Gasteiger charge is 2.41. The molecule has 1 aromatic rings. The van der Waals surface area contributed by atoms with E-state index >= 15 is 0 Å². The van der Waals surface area contributed by atoms with E-state index in [9.17, 15) is 17.6 Å². The summed E-state index contributed by atoms with van der Waals surface area (Å²) in [5.41, 5.74) is 0. The first-order valence-corrected chi connectivity index (χ1v) is 5.52. The Morgan fingerprint density at radius 2 is 2.00 bits per heavy atom. The van der Waals surface area contributed by atoms with Gasteiger partial charge in [0.25, 0.3) is 0 Å². The number of rotatable bonds is 4. The maximum atomic E-state index is 12.6. The summed E-state index contributed by atoms with van der Waals surface area (Å²) in [6, 6.07) is 4.38. The van der Waals surface area contributed by atoms with Crippen LogP contribution < -0.4 is 4.74 Å². The Morgan fingerprint density at radius 3 is 2.56 bits per heavy atom. The van der Waals surface area contributed by atoms with E-state index in [4.69, 9.17) is 11.6 Å². The van der Waals surface area contributed by atoms with Crippen molar-refractivity contribution >= 4 is 34.2 Å². The highest BCUT2D eigenvalue weighted by atomic mass is 127. The largest absolute Gasteiger partial charge is 0.486 e. The molecule has 0 aromatic heterocycles. The Kier molecular flexibility index (Phi) is 4.66. The minimum atomic E-state index is -4.16. The van der Waals surface area contributed by atoms with Gasteiger partial charge < -0.3 is 4.74 Å². The highest BCUT2D eigenvalue weighted by Crippen LogP contribution is 2.28. The standard InChI is InChI=1S/C9H6ClF4IO/c10-5-1-2-6(15)7(3-5)16-4-9(13,14)8(11)12/h1-3,8H,4H2. The molecular weight excluding hydrogens is 362 g/mol. The normalized spacial score (nSPS) is 11.9. The highest BCUT2D eigenvalue weighted by molar-refractivity contribution is 14.1. The van der Waals surface area contributed by atoms with Crippen LogP contribution in [0.15, 0.2) is 18.2 Å². The lowest BCUT2D eigenvalue weighted by Gasteiger charge is -2.16. The van der Waals surface area contributed by atoms with Gasteiger partial charge in [-0.15, -0.1) is 0 Å². The quantitative estimate of drug-likeness (QED) is 0.571. The molecule has 0 spiro atoms. The van der Waals surface area contributed by atoms with Crippen LogP contribution in [-0.2, 0) is 0 Å². The summed E-state index contributed by atoms with van der Waals surface area (Å²) in [7, 11) is 0. The third-order valence-electron chi connectivity index (χ3n) is 1.63. The van der Waals surface area contributed by atoms with Crippen LogP contribution >= 0.6 is 34.2 Å². The number of hydrogen-bond acceptors (Lipinski definition) is 1. The maximum absolute atomic E-state index is 12.6. The van der Waals surface area contributed by atoms with Gasteiger partial charge >= 0.3 is 12.3 Å². The molecule has 0 unspecified atom stereocenters. The van der Waals surface area contributed by atoms with Crippen molar-refractivity contribution in [2.45, 2.75) is 12.3 Å². The molecule has 0 aliphatic heterocycles. The molecule has 0 heterocycles. The Bertz CT molecular complexity index is 373. The van der Waals surface area contributed by atoms with Gasteiger partial charge in [0.2, 0.25) is 0 Å². The maximum Gasteiger partial charge on any atom is 0.340 e. The van der Waals surface area contributed by atoms with Crippen molar-refractivity contribution in [2.75, 3.05) is 6.61 Å². The van der Waals surface area contributed by atoms with Gasteiger partial charge in [-0.25, -0.2) is 8.78 Å². The lowest BCUT2D eigenvalue weighted by Crippen LogP contribution is -2.33. The molecule has 0 saturated carbocycles. The van der Waals surface area contributed by atoms with Crippen molar-refractivity contribution in [1.82, 2.24) is 0 Å². The number of benzene rings is 1. The molecule has 1 nitrogen and oxygen atoms in total. The van der Waals surface area contributed by atoms with Crippen LogP contribution in [0.3, 0.4) is 0 Å². The average molecular weight is 368 g/mol. The number of halogens is 6. The molecule has 1 aromatic carbocycles. The second-order valence-corrected chi connectivity index (χ2v) is 4.52. The summed E-state index contributed by atoms with van der Waals surface area (Å²) in [5.74, 6) is -4.10. The molecule has 0 radical (unpaired) electrons. The summed E-state index contributed by atoms with van der Waals surface area (Å²) in [5, 5.41) is 0.288. The van der Waals surface area contributed by atoms with Crippen molar-refractivity contribution in [3.8, 4) is 5.75 Å².